The molecule has 0 radical (unpaired) electrons. The summed E-state index contributed by atoms with van der Waals surface area (Å²) in [6.45, 7) is 2.11. The van der Waals surface area contributed by atoms with Gasteiger partial charge in [0.05, 0.1) is 5.02 Å². The van der Waals surface area contributed by atoms with Crippen LogP contribution in [0.25, 0.3) is 0 Å². The number of halogens is 1. The standard InChI is InChI=1S/C10H9ClN2O2/c1-7-9(13-15-12-7)6-14-10-5-3-2-4-8(10)11/h2-5H,6H2,1H3. The summed E-state index contributed by atoms with van der Waals surface area (Å²) in [6.07, 6.45) is 0. The summed E-state index contributed by atoms with van der Waals surface area (Å²) in [5.41, 5.74) is 1.40. The predicted molar refractivity (Wildman–Crippen MR) is 54.8 cm³/mol. The molecule has 0 amide bonds. The van der Waals surface area contributed by atoms with Crippen LogP contribution in [-0.4, -0.2) is 10.3 Å². The minimum Gasteiger partial charge on any atom is -0.486 e. The average Bonchev–Trinajstić information content (AvgIpc) is 2.63. The molecule has 15 heavy (non-hydrogen) atoms. The molecule has 0 saturated heterocycles. The van der Waals surface area contributed by atoms with Gasteiger partial charge in [-0.2, -0.15) is 0 Å². The van der Waals surface area contributed by atoms with Gasteiger partial charge in [-0.15, -0.1) is 0 Å². The van der Waals surface area contributed by atoms with E-state index in [-0.39, 0.29) is 0 Å². The lowest BCUT2D eigenvalue weighted by molar-refractivity contribution is 0.270. The number of hydrogen-bond donors (Lipinski definition) is 0. The number of rotatable bonds is 3. The molecule has 0 aliphatic heterocycles. The monoisotopic (exact) mass is 224 g/mol. The smallest absolute Gasteiger partial charge is 0.145 e. The molecule has 0 atom stereocenters. The maximum absolute atomic E-state index is 5.92. The zero-order valence-corrected chi connectivity index (χ0v) is 8.86. The van der Waals surface area contributed by atoms with E-state index >= 15 is 0 Å². The molecular formula is C10H9ClN2O2. The van der Waals surface area contributed by atoms with Gasteiger partial charge < -0.3 is 4.74 Å². The second-order valence-corrected chi connectivity index (χ2v) is 3.42. The van der Waals surface area contributed by atoms with E-state index in [0.717, 1.165) is 5.69 Å². The van der Waals surface area contributed by atoms with Crippen LogP contribution in [-0.2, 0) is 6.61 Å². The Morgan fingerprint density at radius 2 is 2.13 bits per heavy atom. The molecule has 1 heterocycles. The van der Waals surface area contributed by atoms with E-state index in [2.05, 4.69) is 14.9 Å². The van der Waals surface area contributed by atoms with Crippen LogP contribution in [0.2, 0.25) is 5.02 Å². The van der Waals surface area contributed by atoms with E-state index in [1.807, 2.05) is 19.1 Å². The van der Waals surface area contributed by atoms with Gasteiger partial charge in [-0.05, 0) is 19.1 Å². The predicted octanol–water partition coefficient (Wildman–Crippen LogP) is 2.61. The fraction of sp³-hybridized carbons (Fsp3) is 0.200. The minimum absolute atomic E-state index is 0.305. The first-order chi connectivity index (χ1) is 7.27. The van der Waals surface area contributed by atoms with Crippen LogP contribution in [0.3, 0.4) is 0 Å². The van der Waals surface area contributed by atoms with Crippen LogP contribution in [0.1, 0.15) is 11.4 Å². The van der Waals surface area contributed by atoms with Gasteiger partial charge in [0.1, 0.15) is 23.7 Å². The molecule has 0 N–H and O–H groups in total. The lowest BCUT2D eigenvalue weighted by atomic mass is 10.3. The van der Waals surface area contributed by atoms with Crippen LogP contribution in [0.4, 0.5) is 0 Å². The molecule has 0 fully saturated rings. The van der Waals surface area contributed by atoms with Crippen molar-refractivity contribution in [1.82, 2.24) is 10.3 Å². The van der Waals surface area contributed by atoms with E-state index < -0.39 is 0 Å². The molecule has 0 saturated carbocycles. The van der Waals surface area contributed by atoms with Crippen molar-refractivity contribution in [2.24, 2.45) is 0 Å². The number of para-hydroxylation sites is 1. The van der Waals surface area contributed by atoms with Gasteiger partial charge in [0.15, 0.2) is 0 Å². The quantitative estimate of drug-likeness (QED) is 0.804. The van der Waals surface area contributed by atoms with Gasteiger partial charge in [-0.1, -0.05) is 34.0 Å². The maximum atomic E-state index is 5.92. The van der Waals surface area contributed by atoms with Crippen LogP contribution < -0.4 is 4.74 Å². The largest absolute Gasteiger partial charge is 0.486 e. The molecule has 5 heteroatoms. The van der Waals surface area contributed by atoms with E-state index in [1.54, 1.807) is 12.1 Å². The van der Waals surface area contributed by atoms with Crippen LogP contribution in [0.15, 0.2) is 28.9 Å². The number of ether oxygens (including phenoxy) is 1. The Morgan fingerprint density at radius 3 is 2.80 bits per heavy atom. The molecule has 0 unspecified atom stereocenters. The summed E-state index contributed by atoms with van der Waals surface area (Å²) in [6, 6.07) is 7.27. The highest BCUT2D eigenvalue weighted by molar-refractivity contribution is 6.32. The van der Waals surface area contributed by atoms with Crippen molar-refractivity contribution in [2.45, 2.75) is 13.5 Å². The molecule has 78 valence electrons. The fourth-order valence-electron chi connectivity index (χ4n) is 1.09. The summed E-state index contributed by atoms with van der Waals surface area (Å²) in [5, 5.41) is 7.93. The van der Waals surface area contributed by atoms with Crippen molar-refractivity contribution >= 4 is 11.6 Å². The topological polar surface area (TPSA) is 48.2 Å². The van der Waals surface area contributed by atoms with Gasteiger partial charge in [0, 0.05) is 0 Å². The van der Waals surface area contributed by atoms with Crippen molar-refractivity contribution in [3.05, 3.63) is 40.7 Å². The third-order valence-electron chi connectivity index (χ3n) is 1.95. The lowest BCUT2D eigenvalue weighted by Crippen LogP contribution is -1.97. The van der Waals surface area contributed by atoms with Gasteiger partial charge in [0.2, 0.25) is 0 Å². The van der Waals surface area contributed by atoms with E-state index in [9.17, 15) is 0 Å². The van der Waals surface area contributed by atoms with Crippen molar-refractivity contribution in [3.63, 3.8) is 0 Å². The summed E-state index contributed by atoms with van der Waals surface area (Å²) < 4.78 is 10.0. The molecule has 1 aromatic carbocycles. The molecule has 0 aliphatic rings. The molecule has 0 aliphatic carbocycles. The normalized spacial score (nSPS) is 10.3. The zero-order valence-electron chi connectivity index (χ0n) is 8.11. The van der Waals surface area contributed by atoms with Crippen LogP contribution in [0, 0.1) is 6.92 Å². The van der Waals surface area contributed by atoms with Gasteiger partial charge in [-0.25, -0.2) is 4.63 Å². The van der Waals surface area contributed by atoms with E-state index in [4.69, 9.17) is 16.3 Å². The summed E-state index contributed by atoms with van der Waals surface area (Å²) >= 11 is 5.92. The summed E-state index contributed by atoms with van der Waals surface area (Å²) in [5.74, 6) is 0.626. The van der Waals surface area contributed by atoms with Gasteiger partial charge in [-0.3, -0.25) is 0 Å². The Kier molecular flexibility index (Phi) is 2.87. The van der Waals surface area contributed by atoms with E-state index in [1.165, 1.54) is 0 Å². The Bertz CT molecular complexity index is 456. The Labute approximate surface area is 91.8 Å². The number of nitrogens with zero attached hydrogens (tertiary/aromatic N) is 2. The molecule has 1 aromatic heterocycles. The van der Waals surface area contributed by atoms with Gasteiger partial charge in [0.25, 0.3) is 0 Å². The highest BCUT2D eigenvalue weighted by Crippen LogP contribution is 2.23. The van der Waals surface area contributed by atoms with Crippen LogP contribution >= 0.6 is 11.6 Å². The Hall–Kier alpha value is -1.55. The van der Waals surface area contributed by atoms with E-state index in [0.29, 0.717) is 23.1 Å². The number of benzene rings is 1. The second-order valence-electron chi connectivity index (χ2n) is 3.02. The highest BCUT2D eigenvalue weighted by Gasteiger charge is 2.06. The third-order valence-corrected chi connectivity index (χ3v) is 2.26. The first-order valence-electron chi connectivity index (χ1n) is 4.43. The Balaban J connectivity index is 2.06. The maximum Gasteiger partial charge on any atom is 0.145 e. The van der Waals surface area contributed by atoms with Crippen molar-refractivity contribution in [1.29, 1.82) is 0 Å². The second kappa shape index (κ2) is 4.31. The fourth-order valence-corrected chi connectivity index (χ4v) is 1.28. The molecule has 0 spiro atoms. The highest BCUT2D eigenvalue weighted by atomic mass is 35.5. The first-order valence-corrected chi connectivity index (χ1v) is 4.80. The summed E-state index contributed by atoms with van der Waals surface area (Å²) in [7, 11) is 0. The minimum atomic E-state index is 0.305. The number of aromatic nitrogens is 2. The molecule has 0 bridgehead atoms. The lowest BCUT2D eigenvalue weighted by Gasteiger charge is -2.05. The Morgan fingerprint density at radius 1 is 1.33 bits per heavy atom. The average molecular weight is 225 g/mol. The third kappa shape index (κ3) is 2.27. The first kappa shape index (κ1) is 9.98. The van der Waals surface area contributed by atoms with Crippen molar-refractivity contribution < 1.29 is 9.37 Å². The number of hydrogen-bond acceptors (Lipinski definition) is 4. The van der Waals surface area contributed by atoms with Gasteiger partial charge >= 0.3 is 0 Å². The molecule has 4 nitrogen and oxygen atoms in total. The SMILES string of the molecule is Cc1nonc1COc1ccccc1Cl. The molecule has 2 rings (SSSR count). The van der Waals surface area contributed by atoms with Crippen molar-refractivity contribution in [2.75, 3.05) is 0 Å². The molecule has 2 aromatic rings. The molecular weight excluding hydrogens is 216 g/mol. The van der Waals surface area contributed by atoms with Crippen LogP contribution in [0.5, 0.6) is 5.75 Å². The summed E-state index contributed by atoms with van der Waals surface area (Å²) in [4.78, 5) is 0. The number of aryl methyl sites for hydroxylation is 1. The zero-order chi connectivity index (χ0) is 10.7. The van der Waals surface area contributed by atoms with Crippen molar-refractivity contribution in [3.8, 4) is 5.75 Å².